The van der Waals surface area contributed by atoms with Gasteiger partial charge in [0.05, 0.1) is 0 Å². The van der Waals surface area contributed by atoms with Gasteiger partial charge in [-0.3, -0.25) is 0 Å². The maximum Gasteiger partial charge on any atom is -0.412 e. The van der Waals surface area contributed by atoms with Crippen LogP contribution in [0.5, 0.6) is 0 Å². The van der Waals surface area contributed by atoms with Gasteiger partial charge in [0.2, 0.25) is 0 Å². The van der Waals surface area contributed by atoms with E-state index in [0.717, 1.165) is 0 Å². The van der Waals surface area contributed by atoms with E-state index in [1.54, 1.807) is 3.58 Å². The van der Waals surface area contributed by atoms with Crippen LogP contribution in [0.1, 0.15) is 26.7 Å². The van der Waals surface area contributed by atoms with Crippen molar-refractivity contribution in [3.05, 3.63) is 30.3 Å². The maximum absolute atomic E-state index is 2.35. The van der Waals surface area contributed by atoms with Crippen LogP contribution in [0.2, 0.25) is 8.87 Å². The Kier molecular flexibility index (Phi) is 8.29. The van der Waals surface area contributed by atoms with Gasteiger partial charge in [-0.1, -0.05) is 0 Å². The molecular weight excluding hydrogens is 279 g/mol. The first-order valence-electron chi connectivity index (χ1n) is 5.28. The van der Waals surface area contributed by atoms with Crippen molar-refractivity contribution in [2.24, 2.45) is 0 Å². The van der Waals surface area contributed by atoms with Gasteiger partial charge in [0.1, 0.15) is 0 Å². The molecule has 0 fully saturated rings. The van der Waals surface area contributed by atoms with Gasteiger partial charge in [-0.15, -0.1) is 0 Å². The van der Waals surface area contributed by atoms with Crippen molar-refractivity contribution in [1.29, 1.82) is 0 Å². The molecule has 0 bridgehead atoms. The van der Waals surface area contributed by atoms with Gasteiger partial charge >= 0.3 is 89.2 Å². The smallest absolute Gasteiger partial charge is 0.412 e. The molecule has 0 saturated heterocycles. The monoisotopic (exact) mass is 301 g/mol. The second-order valence-corrected chi connectivity index (χ2v) is 11.4. The molecule has 0 heterocycles. The molecule has 0 aliphatic rings. The minimum atomic E-state index is -1.17. The zero-order valence-electron chi connectivity index (χ0n) is 9.22. The molecule has 1 aromatic rings. The summed E-state index contributed by atoms with van der Waals surface area (Å²) >= 11 is -1.17. The topological polar surface area (TPSA) is 31.5 Å². The van der Waals surface area contributed by atoms with E-state index in [2.05, 4.69) is 44.2 Å². The molecular formula is C12H21OSn. The number of hydrogen-bond donors (Lipinski definition) is 0. The normalized spacial score (nSPS) is 9.93. The third-order valence-corrected chi connectivity index (χ3v) is 11.9. The van der Waals surface area contributed by atoms with Crippen molar-refractivity contribution in [2.75, 3.05) is 0 Å². The average molecular weight is 300 g/mol. The molecule has 1 rings (SSSR count). The Balaban J connectivity index is 0.00000169. The summed E-state index contributed by atoms with van der Waals surface area (Å²) in [5.74, 6) is 0. The Bertz CT molecular complexity index is 217. The van der Waals surface area contributed by atoms with Gasteiger partial charge in [0, 0.05) is 0 Å². The Hall–Kier alpha value is -0.0213. The summed E-state index contributed by atoms with van der Waals surface area (Å²) in [5, 5.41) is 0. The second kappa shape index (κ2) is 8.30. The van der Waals surface area contributed by atoms with E-state index in [4.69, 9.17) is 0 Å². The van der Waals surface area contributed by atoms with E-state index in [-0.39, 0.29) is 5.48 Å². The Morgan fingerprint density at radius 2 is 1.43 bits per heavy atom. The van der Waals surface area contributed by atoms with E-state index >= 15 is 0 Å². The average Bonchev–Trinajstić information content (AvgIpc) is 2.19. The standard InChI is InChI=1S/C6H5.2C3H7.H2O.Sn/c1-2-4-6-5-3-1;2*1-3-2;;/h1-5H;2*1,3H2,2H3;1H2;. The van der Waals surface area contributed by atoms with Crippen LogP contribution in [0.4, 0.5) is 0 Å². The molecule has 0 aliphatic carbocycles. The summed E-state index contributed by atoms with van der Waals surface area (Å²) in [7, 11) is 0. The van der Waals surface area contributed by atoms with Gasteiger partial charge in [-0.05, 0) is 0 Å². The summed E-state index contributed by atoms with van der Waals surface area (Å²) in [5.41, 5.74) is 0. The Morgan fingerprint density at radius 1 is 0.929 bits per heavy atom. The molecule has 1 aromatic carbocycles. The van der Waals surface area contributed by atoms with Crippen LogP contribution in [-0.2, 0) is 0 Å². The molecule has 14 heavy (non-hydrogen) atoms. The van der Waals surface area contributed by atoms with Crippen LogP contribution >= 0.6 is 0 Å². The molecule has 0 aliphatic heterocycles. The minimum absolute atomic E-state index is 0. The summed E-state index contributed by atoms with van der Waals surface area (Å²) in [6.45, 7) is 4.64. The van der Waals surface area contributed by atoms with Gasteiger partial charge in [-0.25, -0.2) is 0 Å². The molecule has 0 spiro atoms. The first-order chi connectivity index (χ1) is 6.38. The van der Waals surface area contributed by atoms with Gasteiger partial charge in [0.15, 0.2) is 0 Å². The molecule has 1 radical (unpaired) electrons. The molecule has 0 aromatic heterocycles. The van der Waals surface area contributed by atoms with Crippen LogP contribution < -0.4 is 3.58 Å². The molecule has 2 N–H and O–H groups in total. The van der Waals surface area contributed by atoms with Crippen LogP contribution in [0.25, 0.3) is 0 Å². The molecule has 0 atom stereocenters. The number of benzene rings is 1. The predicted octanol–water partition coefficient (Wildman–Crippen LogP) is 2.38. The van der Waals surface area contributed by atoms with Crippen molar-refractivity contribution in [1.82, 2.24) is 0 Å². The van der Waals surface area contributed by atoms with E-state index in [1.165, 1.54) is 21.7 Å². The third-order valence-electron chi connectivity index (χ3n) is 2.29. The van der Waals surface area contributed by atoms with Crippen LogP contribution in [0.15, 0.2) is 30.3 Å². The number of hydrogen-bond acceptors (Lipinski definition) is 0. The zero-order chi connectivity index (χ0) is 9.52. The van der Waals surface area contributed by atoms with Crippen LogP contribution in [0.3, 0.4) is 0 Å². The van der Waals surface area contributed by atoms with Crippen molar-refractivity contribution in [3.63, 3.8) is 0 Å². The third kappa shape index (κ3) is 4.47. The van der Waals surface area contributed by atoms with E-state index in [9.17, 15) is 0 Å². The second-order valence-electron chi connectivity index (χ2n) is 3.47. The fourth-order valence-electron chi connectivity index (χ4n) is 1.69. The van der Waals surface area contributed by atoms with E-state index in [0.29, 0.717) is 0 Å². The van der Waals surface area contributed by atoms with Crippen LogP contribution in [-0.4, -0.2) is 25.2 Å². The molecule has 2 heteroatoms. The summed E-state index contributed by atoms with van der Waals surface area (Å²) in [6, 6.07) is 11.2. The van der Waals surface area contributed by atoms with Crippen molar-refractivity contribution < 1.29 is 5.48 Å². The molecule has 1 nitrogen and oxygen atoms in total. The van der Waals surface area contributed by atoms with E-state index in [1.807, 2.05) is 0 Å². The quantitative estimate of drug-likeness (QED) is 0.748. The largest absolute Gasteiger partial charge is 0.412 e. The Morgan fingerprint density at radius 3 is 1.86 bits per heavy atom. The fraction of sp³-hybridized carbons (Fsp3) is 0.500. The predicted molar refractivity (Wildman–Crippen MR) is 65.6 cm³/mol. The van der Waals surface area contributed by atoms with Gasteiger partial charge in [-0.2, -0.15) is 0 Å². The van der Waals surface area contributed by atoms with Crippen molar-refractivity contribution in [2.45, 2.75) is 35.6 Å². The summed E-state index contributed by atoms with van der Waals surface area (Å²) in [4.78, 5) is 0. The first-order valence-corrected chi connectivity index (χ1v) is 10.7. The number of rotatable bonds is 5. The summed E-state index contributed by atoms with van der Waals surface area (Å²) in [6.07, 6.45) is 2.76. The molecule has 79 valence electrons. The summed E-state index contributed by atoms with van der Waals surface area (Å²) < 4.78 is 4.77. The minimum Gasteiger partial charge on any atom is -0.412 e. The Labute approximate surface area is 94.6 Å². The maximum atomic E-state index is 2.35. The zero-order valence-corrected chi connectivity index (χ0v) is 12.1. The molecule has 0 saturated carbocycles. The van der Waals surface area contributed by atoms with Crippen molar-refractivity contribution in [3.8, 4) is 0 Å². The first kappa shape index (κ1) is 14.0. The molecule has 0 unspecified atom stereocenters. The van der Waals surface area contributed by atoms with Crippen LogP contribution in [0, 0.1) is 0 Å². The fourth-order valence-corrected chi connectivity index (χ4v) is 9.39. The van der Waals surface area contributed by atoms with Gasteiger partial charge < -0.3 is 5.48 Å². The van der Waals surface area contributed by atoms with Crippen molar-refractivity contribution >= 4 is 23.3 Å². The molecule has 0 amide bonds. The SMILES string of the molecule is CC[CH2][Sn]([CH2]CC)[c]1ccccc1.O. The van der Waals surface area contributed by atoms with E-state index < -0.39 is 19.8 Å². The van der Waals surface area contributed by atoms with Gasteiger partial charge in [0.25, 0.3) is 0 Å².